The maximum Gasteiger partial charge on any atom is 0.389 e. The van der Waals surface area contributed by atoms with E-state index < -0.39 is 17.5 Å². The van der Waals surface area contributed by atoms with Crippen molar-refractivity contribution in [2.75, 3.05) is 11.9 Å². The van der Waals surface area contributed by atoms with E-state index in [4.69, 9.17) is 5.26 Å². The first kappa shape index (κ1) is 15.7. The highest BCUT2D eigenvalue weighted by molar-refractivity contribution is 5.55. The quantitative estimate of drug-likeness (QED) is 0.493. The summed E-state index contributed by atoms with van der Waals surface area (Å²) in [7, 11) is 0. The smallest absolute Gasteiger partial charge is 0.369 e. The number of unbranched alkanes of at least 4 members (excludes halogenated alkanes) is 1. The van der Waals surface area contributed by atoms with E-state index in [-0.39, 0.29) is 36.5 Å². The molecule has 0 amide bonds. The Hall–Kier alpha value is -2.37. The number of nitrogens with zero attached hydrogens (tertiary/aromatic N) is 3. The second kappa shape index (κ2) is 6.70. The molecule has 0 aliphatic carbocycles. The zero-order valence-corrected chi connectivity index (χ0v) is 10.3. The Morgan fingerprint density at radius 3 is 2.70 bits per heavy atom. The molecule has 0 aromatic carbocycles. The van der Waals surface area contributed by atoms with Crippen molar-refractivity contribution in [3.63, 3.8) is 0 Å². The van der Waals surface area contributed by atoms with Crippen LogP contribution in [-0.4, -0.2) is 22.6 Å². The molecular formula is C11H11F3N4O2. The first-order valence-corrected chi connectivity index (χ1v) is 5.68. The lowest BCUT2D eigenvalue weighted by Crippen LogP contribution is -2.10. The fraction of sp³-hybridized carbons (Fsp3) is 0.455. The van der Waals surface area contributed by atoms with Crippen molar-refractivity contribution in [2.45, 2.75) is 25.4 Å². The van der Waals surface area contributed by atoms with E-state index in [1.165, 1.54) is 0 Å². The average Bonchev–Trinajstić information content (AvgIpc) is 2.36. The van der Waals surface area contributed by atoms with Gasteiger partial charge in [0.05, 0.1) is 4.92 Å². The van der Waals surface area contributed by atoms with Gasteiger partial charge in [0, 0.05) is 19.0 Å². The molecule has 1 aromatic heterocycles. The molecule has 6 nitrogen and oxygen atoms in total. The Morgan fingerprint density at radius 1 is 1.45 bits per heavy atom. The van der Waals surface area contributed by atoms with Gasteiger partial charge in [-0.3, -0.25) is 10.1 Å². The molecule has 1 heterocycles. The summed E-state index contributed by atoms with van der Waals surface area (Å²) in [5, 5.41) is 22.0. The third-order valence-corrected chi connectivity index (χ3v) is 2.38. The normalized spacial score (nSPS) is 10.9. The lowest BCUT2D eigenvalue weighted by atomic mass is 10.2. The minimum atomic E-state index is -4.18. The van der Waals surface area contributed by atoms with Gasteiger partial charge in [0.2, 0.25) is 0 Å². The zero-order chi connectivity index (χ0) is 15.2. The third kappa shape index (κ3) is 5.09. The van der Waals surface area contributed by atoms with Crippen LogP contribution in [0.5, 0.6) is 0 Å². The number of hydrogen-bond acceptors (Lipinski definition) is 5. The van der Waals surface area contributed by atoms with E-state index in [9.17, 15) is 23.3 Å². The molecule has 1 rings (SSSR count). The second-order valence-corrected chi connectivity index (χ2v) is 3.96. The van der Waals surface area contributed by atoms with Crippen LogP contribution in [0, 0.1) is 21.4 Å². The molecule has 0 saturated heterocycles. The average molecular weight is 288 g/mol. The molecule has 0 unspecified atom stereocenters. The van der Waals surface area contributed by atoms with E-state index in [1.807, 2.05) is 0 Å². The lowest BCUT2D eigenvalue weighted by Gasteiger charge is -2.08. The maximum atomic E-state index is 11.9. The Bertz CT molecular complexity index is 525. The SMILES string of the molecule is N#Cc1cc([N+](=O)[O-])cnc1NCCCCC(F)(F)F. The molecule has 0 aliphatic rings. The first-order chi connectivity index (χ1) is 9.33. The molecule has 0 bridgehead atoms. The van der Waals surface area contributed by atoms with Crippen LogP contribution in [0.1, 0.15) is 24.8 Å². The molecule has 108 valence electrons. The van der Waals surface area contributed by atoms with Gasteiger partial charge in [0.25, 0.3) is 5.69 Å². The minimum absolute atomic E-state index is 0.0185. The fourth-order valence-electron chi connectivity index (χ4n) is 1.44. The van der Waals surface area contributed by atoms with E-state index >= 15 is 0 Å². The van der Waals surface area contributed by atoms with Crippen LogP contribution < -0.4 is 5.32 Å². The van der Waals surface area contributed by atoms with Gasteiger partial charge in [-0.2, -0.15) is 18.4 Å². The van der Waals surface area contributed by atoms with Crippen molar-refractivity contribution >= 4 is 11.5 Å². The highest BCUT2D eigenvalue weighted by Crippen LogP contribution is 2.22. The summed E-state index contributed by atoms with van der Waals surface area (Å²) in [6, 6.07) is 2.81. The number of nitrogens with one attached hydrogen (secondary N) is 1. The molecule has 20 heavy (non-hydrogen) atoms. The molecule has 0 atom stereocenters. The minimum Gasteiger partial charge on any atom is -0.369 e. The molecule has 0 fully saturated rings. The molecule has 0 spiro atoms. The van der Waals surface area contributed by atoms with Crippen molar-refractivity contribution in [3.05, 3.63) is 27.9 Å². The third-order valence-electron chi connectivity index (χ3n) is 2.38. The van der Waals surface area contributed by atoms with Gasteiger partial charge in [-0.25, -0.2) is 4.98 Å². The van der Waals surface area contributed by atoms with E-state index in [2.05, 4.69) is 10.3 Å². The number of rotatable bonds is 6. The topological polar surface area (TPSA) is 91.8 Å². The second-order valence-electron chi connectivity index (χ2n) is 3.96. The van der Waals surface area contributed by atoms with E-state index in [0.717, 1.165) is 12.3 Å². The van der Waals surface area contributed by atoms with Crippen molar-refractivity contribution in [1.82, 2.24) is 4.98 Å². The summed E-state index contributed by atoms with van der Waals surface area (Å²) in [4.78, 5) is 13.5. The number of halogens is 3. The number of pyridine rings is 1. The van der Waals surface area contributed by atoms with Crippen molar-refractivity contribution in [1.29, 1.82) is 5.26 Å². The first-order valence-electron chi connectivity index (χ1n) is 5.68. The van der Waals surface area contributed by atoms with Gasteiger partial charge < -0.3 is 5.32 Å². The van der Waals surface area contributed by atoms with Gasteiger partial charge in [-0.05, 0) is 12.8 Å². The Morgan fingerprint density at radius 2 is 2.15 bits per heavy atom. The lowest BCUT2D eigenvalue weighted by molar-refractivity contribution is -0.385. The standard InChI is InChI=1S/C11H11F3N4O2/c12-11(13,14)3-1-2-4-16-10-8(6-15)5-9(7-17-10)18(19)20/h5,7H,1-4H2,(H,16,17). The summed E-state index contributed by atoms with van der Waals surface area (Å²) in [5.74, 6) is 0.130. The van der Waals surface area contributed by atoms with E-state index in [0.29, 0.717) is 0 Å². The monoisotopic (exact) mass is 288 g/mol. The van der Waals surface area contributed by atoms with Crippen LogP contribution in [0.3, 0.4) is 0 Å². The number of nitro groups is 1. The zero-order valence-electron chi connectivity index (χ0n) is 10.3. The Kier molecular flexibility index (Phi) is 5.25. The summed E-state index contributed by atoms with van der Waals surface area (Å²) in [6.07, 6.45) is -3.84. The van der Waals surface area contributed by atoms with Gasteiger partial charge in [0.1, 0.15) is 23.6 Å². The maximum absolute atomic E-state index is 11.9. The van der Waals surface area contributed by atoms with Gasteiger partial charge >= 0.3 is 6.18 Å². The number of aromatic nitrogens is 1. The molecule has 0 radical (unpaired) electrons. The van der Waals surface area contributed by atoms with Crippen molar-refractivity contribution in [3.8, 4) is 6.07 Å². The molecule has 9 heteroatoms. The molecule has 0 aliphatic heterocycles. The van der Waals surface area contributed by atoms with Crippen LogP contribution in [0.2, 0.25) is 0 Å². The fourth-order valence-corrected chi connectivity index (χ4v) is 1.44. The highest BCUT2D eigenvalue weighted by Gasteiger charge is 2.25. The van der Waals surface area contributed by atoms with Gasteiger partial charge in [0.15, 0.2) is 0 Å². The Balaban J connectivity index is 2.52. The molecule has 1 N–H and O–H groups in total. The van der Waals surface area contributed by atoms with Crippen LogP contribution in [-0.2, 0) is 0 Å². The Labute approximate surface area is 112 Å². The number of nitriles is 1. The number of alkyl halides is 3. The van der Waals surface area contributed by atoms with Crippen LogP contribution >= 0.6 is 0 Å². The van der Waals surface area contributed by atoms with Crippen LogP contribution in [0.25, 0.3) is 0 Å². The number of hydrogen-bond donors (Lipinski definition) is 1. The molecule has 1 aromatic rings. The largest absolute Gasteiger partial charge is 0.389 e. The van der Waals surface area contributed by atoms with Crippen LogP contribution in [0.4, 0.5) is 24.7 Å². The van der Waals surface area contributed by atoms with Gasteiger partial charge in [-0.15, -0.1) is 0 Å². The van der Waals surface area contributed by atoms with Crippen LogP contribution in [0.15, 0.2) is 12.3 Å². The summed E-state index contributed by atoms with van der Waals surface area (Å²) < 4.78 is 35.7. The summed E-state index contributed by atoms with van der Waals surface area (Å²) in [6.45, 7) is 0.204. The molecular weight excluding hydrogens is 277 g/mol. The van der Waals surface area contributed by atoms with Crippen molar-refractivity contribution in [2.24, 2.45) is 0 Å². The predicted octanol–water partition coefficient (Wildman–Crippen LogP) is 3.01. The number of anilines is 1. The predicted molar refractivity (Wildman–Crippen MR) is 64.0 cm³/mol. The van der Waals surface area contributed by atoms with Gasteiger partial charge in [-0.1, -0.05) is 0 Å². The highest BCUT2D eigenvalue weighted by atomic mass is 19.4. The summed E-state index contributed by atoms with van der Waals surface area (Å²) in [5.41, 5.74) is -0.334. The summed E-state index contributed by atoms with van der Waals surface area (Å²) >= 11 is 0. The van der Waals surface area contributed by atoms with Crippen molar-refractivity contribution < 1.29 is 18.1 Å². The van der Waals surface area contributed by atoms with E-state index in [1.54, 1.807) is 6.07 Å². The molecule has 0 saturated carbocycles.